The van der Waals surface area contributed by atoms with Gasteiger partial charge in [-0.15, -0.1) is 0 Å². The maximum atomic E-state index is 13.3. The standard InChI is InChI=1S/C25H40N2O2/c1-3-20(2)10-9-17-27-18-15-23(16-19-27)26-24(28)25(29,22-13-7-8-14-22)21-11-5-4-6-12-21/h4-6,11-12,20,22-23,29H,3,7-10,13-19H2,1-2H3,(H,26,28). The third kappa shape index (κ3) is 5.61. The maximum absolute atomic E-state index is 13.3. The van der Waals surface area contributed by atoms with E-state index in [9.17, 15) is 9.90 Å². The van der Waals surface area contributed by atoms with E-state index in [1.165, 1.54) is 25.8 Å². The van der Waals surface area contributed by atoms with Crippen LogP contribution in [0.15, 0.2) is 30.3 Å². The molecule has 0 aromatic heterocycles. The molecule has 1 amide bonds. The molecule has 1 aromatic rings. The summed E-state index contributed by atoms with van der Waals surface area (Å²) in [5.41, 5.74) is -0.655. The van der Waals surface area contributed by atoms with Crippen LogP contribution in [0.3, 0.4) is 0 Å². The quantitative estimate of drug-likeness (QED) is 0.643. The van der Waals surface area contributed by atoms with Crippen LogP contribution in [0.1, 0.15) is 77.2 Å². The largest absolute Gasteiger partial charge is 0.375 e. The molecule has 1 heterocycles. The summed E-state index contributed by atoms with van der Waals surface area (Å²) in [5.74, 6) is 0.648. The fourth-order valence-corrected chi connectivity index (χ4v) is 5.05. The van der Waals surface area contributed by atoms with Crippen LogP contribution in [0.25, 0.3) is 0 Å². The van der Waals surface area contributed by atoms with Crippen molar-refractivity contribution >= 4 is 5.91 Å². The van der Waals surface area contributed by atoms with E-state index in [2.05, 4.69) is 24.1 Å². The van der Waals surface area contributed by atoms with E-state index in [0.29, 0.717) is 0 Å². The van der Waals surface area contributed by atoms with Crippen LogP contribution in [0.2, 0.25) is 0 Å². The third-order valence-corrected chi connectivity index (χ3v) is 7.30. The van der Waals surface area contributed by atoms with Crippen molar-refractivity contribution in [2.75, 3.05) is 19.6 Å². The van der Waals surface area contributed by atoms with E-state index in [0.717, 1.165) is 63.1 Å². The fraction of sp³-hybridized carbons (Fsp3) is 0.720. The first-order chi connectivity index (χ1) is 14.0. The topological polar surface area (TPSA) is 52.6 Å². The zero-order chi connectivity index (χ0) is 20.7. The maximum Gasteiger partial charge on any atom is 0.257 e. The number of rotatable bonds is 9. The molecule has 29 heavy (non-hydrogen) atoms. The highest BCUT2D eigenvalue weighted by Gasteiger charge is 2.46. The normalized spacial score (nSPS) is 22.3. The monoisotopic (exact) mass is 400 g/mol. The lowest BCUT2D eigenvalue weighted by atomic mass is 9.79. The minimum atomic E-state index is -1.40. The number of likely N-dealkylation sites (tertiary alicyclic amines) is 1. The number of aliphatic hydroxyl groups is 1. The molecule has 0 spiro atoms. The number of piperidine rings is 1. The Kier molecular flexibility index (Phi) is 8.14. The molecule has 162 valence electrons. The summed E-state index contributed by atoms with van der Waals surface area (Å²) in [6.07, 6.45) is 9.83. The summed E-state index contributed by atoms with van der Waals surface area (Å²) < 4.78 is 0. The predicted molar refractivity (Wildman–Crippen MR) is 119 cm³/mol. The molecule has 4 nitrogen and oxygen atoms in total. The summed E-state index contributed by atoms with van der Waals surface area (Å²) in [4.78, 5) is 15.8. The average molecular weight is 401 g/mol. The lowest BCUT2D eigenvalue weighted by molar-refractivity contribution is -0.148. The Balaban J connectivity index is 1.54. The molecule has 1 aromatic carbocycles. The first kappa shape index (κ1) is 22.3. The minimum absolute atomic E-state index is 0.0190. The molecule has 0 bridgehead atoms. The molecule has 1 aliphatic carbocycles. The molecule has 0 radical (unpaired) electrons. The van der Waals surface area contributed by atoms with Crippen LogP contribution in [-0.2, 0) is 10.4 Å². The van der Waals surface area contributed by atoms with Gasteiger partial charge in [0.05, 0.1) is 0 Å². The molecule has 2 N–H and O–H groups in total. The summed E-state index contributed by atoms with van der Waals surface area (Å²) in [6, 6.07) is 9.74. The van der Waals surface area contributed by atoms with Gasteiger partial charge in [0.1, 0.15) is 0 Å². The van der Waals surface area contributed by atoms with Crippen molar-refractivity contribution in [1.82, 2.24) is 10.2 Å². The minimum Gasteiger partial charge on any atom is -0.375 e. The third-order valence-electron chi connectivity index (χ3n) is 7.30. The molecule has 2 fully saturated rings. The number of hydrogen-bond donors (Lipinski definition) is 2. The second-order valence-electron chi connectivity index (χ2n) is 9.36. The second-order valence-corrected chi connectivity index (χ2v) is 9.36. The van der Waals surface area contributed by atoms with Crippen LogP contribution < -0.4 is 5.32 Å². The number of nitrogens with zero attached hydrogens (tertiary/aromatic N) is 1. The van der Waals surface area contributed by atoms with E-state index >= 15 is 0 Å². The summed E-state index contributed by atoms with van der Waals surface area (Å²) in [6.45, 7) is 7.85. The van der Waals surface area contributed by atoms with Crippen LogP contribution in [0, 0.1) is 11.8 Å². The zero-order valence-corrected chi connectivity index (χ0v) is 18.4. The van der Waals surface area contributed by atoms with Crippen molar-refractivity contribution in [3.05, 3.63) is 35.9 Å². The van der Waals surface area contributed by atoms with Gasteiger partial charge >= 0.3 is 0 Å². The van der Waals surface area contributed by atoms with Gasteiger partial charge in [0.15, 0.2) is 5.60 Å². The Morgan fingerprint density at radius 3 is 2.45 bits per heavy atom. The van der Waals surface area contributed by atoms with Gasteiger partial charge in [-0.3, -0.25) is 4.79 Å². The lowest BCUT2D eigenvalue weighted by Crippen LogP contribution is -2.54. The van der Waals surface area contributed by atoms with Gasteiger partial charge in [0.25, 0.3) is 5.91 Å². The van der Waals surface area contributed by atoms with Crippen LogP contribution in [0.4, 0.5) is 0 Å². The molecule has 2 unspecified atom stereocenters. The van der Waals surface area contributed by atoms with E-state index in [1.54, 1.807) is 0 Å². The van der Waals surface area contributed by atoms with E-state index in [1.807, 2.05) is 30.3 Å². The molecular weight excluding hydrogens is 360 g/mol. The molecule has 1 saturated carbocycles. The molecule has 1 saturated heterocycles. The van der Waals surface area contributed by atoms with E-state index < -0.39 is 5.60 Å². The van der Waals surface area contributed by atoms with Crippen LogP contribution in [-0.4, -0.2) is 41.6 Å². The Morgan fingerprint density at radius 1 is 1.17 bits per heavy atom. The number of nitrogens with one attached hydrogen (secondary N) is 1. The molecule has 3 rings (SSSR count). The van der Waals surface area contributed by atoms with Crippen molar-refractivity contribution in [2.45, 2.75) is 83.3 Å². The van der Waals surface area contributed by atoms with Crippen molar-refractivity contribution in [3.8, 4) is 0 Å². The molecule has 1 aliphatic heterocycles. The highest BCUT2D eigenvalue weighted by molar-refractivity contribution is 5.87. The molecule has 2 aliphatic rings. The van der Waals surface area contributed by atoms with Gasteiger partial charge in [-0.1, -0.05) is 63.4 Å². The summed E-state index contributed by atoms with van der Waals surface area (Å²) >= 11 is 0. The van der Waals surface area contributed by atoms with Gasteiger partial charge in [-0.25, -0.2) is 0 Å². The molecule has 4 heteroatoms. The zero-order valence-electron chi connectivity index (χ0n) is 18.4. The Labute approximate surface area is 177 Å². The van der Waals surface area contributed by atoms with Gasteiger partial charge in [-0.05, 0) is 56.6 Å². The highest BCUT2D eigenvalue weighted by Crippen LogP contribution is 2.41. The van der Waals surface area contributed by atoms with Crippen LogP contribution in [0.5, 0.6) is 0 Å². The second kappa shape index (κ2) is 10.6. The Morgan fingerprint density at radius 2 is 1.83 bits per heavy atom. The molecule has 2 atom stereocenters. The van der Waals surface area contributed by atoms with Crippen molar-refractivity contribution in [2.24, 2.45) is 11.8 Å². The lowest BCUT2D eigenvalue weighted by Gasteiger charge is -2.37. The summed E-state index contributed by atoms with van der Waals surface area (Å²) in [5, 5.41) is 14.8. The fourth-order valence-electron chi connectivity index (χ4n) is 5.05. The number of amides is 1. The Hall–Kier alpha value is -1.39. The first-order valence-corrected chi connectivity index (χ1v) is 11.8. The smallest absolute Gasteiger partial charge is 0.257 e. The molecular formula is C25H40N2O2. The van der Waals surface area contributed by atoms with Crippen molar-refractivity contribution in [3.63, 3.8) is 0 Å². The Bertz CT molecular complexity index is 621. The average Bonchev–Trinajstić information content (AvgIpc) is 3.30. The van der Waals surface area contributed by atoms with E-state index in [-0.39, 0.29) is 17.9 Å². The van der Waals surface area contributed by atoms with Gasteiger partial charge in [0.2, 0.25) is 0 Å². The van der Waals surface area contributed by atoms with Crippen molar-refractivity contribution < 1.29 is 9.90 Å². The summed E-state index contributed by atoms with van der Waals surface area (Å²) in [7, 11) is 0. The number of carbonyl (C=O) groups excluding carboxylic acids is 1. The van der Waals surface area contributed by atoms with Gasteiger partial charge in [-0.2, -0.15) is 0 Å². The SMILES string of the molecule is CCC(C)CCCN1CCC(NC(=O)C(O)(c2ccccc2)C2CCCC2)CC1. The van der Waals surface area contributed by atoms with E-state index in [4.69, 9.17) is 0 Å². The number of benzene rings is 1. The van der Waals surface area contributed by atoms with Gasteiger partial charge < -0.3 is 15.3 Å². The number of carbonyl (C=O) groups is 1. The van der Waals surface area contributed by atoms with Crippen molar-refractivity contribution in [1.29, 1.82) is 0 Å². The van der Waals surface area contributed by atoms with Crippen LogP contribution >= 0.6 is 0 Å². The predicted octanol–water partition coefficient (Wildman–Crippen LogP) is 4.47. The number of hydrogen-bond acceptors (Lipinski definition) is 3. The van der Waals surface area contributed by atoms with Gasteiger partial charge in [0, 0.05) is 25.0 Å². The first-order valence-electron chi connectivity index (χ1n) is 11.8. The highest BCUT2D eigenvalue weighted by atomic mass is 16.3.